The molecule has 0 aliphatic rings. The first-order valence-corrected chi connectivity index (χ1v) is 9.04. The number of hydrogen-bond acceptors (Lipinski definition) is 3. The van der Waals surface area contributed by atoms with Gasteiger partial charge in [0.15, 0.2) is 0 Å². The van der Waals surface area contributed by atoms with Crippen LogP contribution in [0.1, 0.15) is 37.6 Å². The van der Waals surface area contributed by atoms with Crippen LogP contribution < -0.4 is 5.56 Å². The van der Waals surface area contributed by atoms with Crippen LogP contribution in [0.5, 0.6) is 0 Å². The highest BCUT2D eigenvalue weighted by atomic mass is 32.2. The fraction of sp³-hybridized carbons (Fsp3) is 0.300. The van der Waals surface area contributed by atoms with E-state index in [1.54, 1.807) is 22.2 Å². The summed E-state index contributed by atoms with van der Waals surface area (Å²) in [5.74, 6) is 0.689. The molecular weight excluding hydrogens is 316 g/mol. The Balaban J connectivity index is 1.78. The smallest absolute Gasteiger partial charge is 0.258 e. The van der Waals surface area contributed by atoms with Gasteiger partial charge < -0.3 is 0 Å². The zero-order valence-electron chi connectivity index (χ0n) is 14.5. The quantitative estimate of drug-likeness (QED) is 0.655. The van der Waals surface area contributed by atoms with Gasteiger partial charge in [0.05, 0.1) is 5.69 Å². The summed E-state index contributed by atoms with van der Waals surface area (Å²) in [6.45, 7) is 8.60. The number of aromatic nitrogens is 2. The Morgan fingerprint density at radius 3 is 2.46 bits per heavy atom. The van der Waals surface area contributed by atoms with Crippen molar-refractivity contribution < 1.29 is 0 Å². The topological polar surface area (TPSA) is 34.4 Å². The molecule has 0 saturated carbocycles. The van der Waals surface area contributed by atoms with Gasteiger partial charge in [0, 0.05) is 22.9 Å². The molecule has 2 aromatic heterocycles. The lowest BCUT2D eigenvalue weighted by Crippen LogP contribution is -2.15. The number of thioether (sulfide) groups is 1. The minimum absolute atomic E-state index is 0.0256. The van der Waals surface area contributed by atoms with Gasteiger partial charge in [0.2, 0.25) is 0 Å². The molecule has 3 aromatic rings. The molecule has 0 radical (unpaired) electrons. The summed E-state index contributed by atoms with van der Waals surface area (Å²) in [5.41, 5.74) is 4.02. The number of nitrogens with zero attached hydrogens (tertiary/aromatic N) is 2. The van der Waals surface area contributed by atoms with Crippen LogP contribution in [-0.2, 0) is 11.2 Å². The van der Waals surface area contributed by atoms with E-state index in [2.05, 4.69) is 50.0 Å². The maximum atomic E-state index is 12.2. The van der Waals surface area contributed by atoms with Crippen LogP contribution >= 0.6 is 11.8 Å². The molecule has 0 unspecified atom stereocenters. The summed E-state index contributed by atoms with van der Waals surface area (Å²) < 4.78 is 1.60. The minimum Gasteiger partial charge on any atom is -0.269 e. The summed E-state index contributed by atoms with van der Waals surface area (Å²) in [5, 5.41) is 0. The van der Waals surface area contributed by atoms with E-state index in [1.807, 2.05) is 25.3 Å². The molecule has 0 aliphatic carbocycles. The Hall–Kier alpha value is -2.07. The molecule has 3 rings (SSSR count). The van der Waals surface area contributed by atoms with E-state index in [0.717, 1.165) is 11.3 Å². The highest BCUT2D eigenvalue weighted by molar-refractivity contribution is 7.98. The van der Waals surface area contributed by atoms with E-state index in [0.29, 0.717) is 11.4 Å². The number of hydrogen-bond donors (Lipinski definition) is 0. The van der Waals surface area contributed by atoms with Gasteiger partial charge in [-0.1, -0.05) is 39.0 Å². The van der Waals surface area contributed by atoms with E-state index >= 15 is 0 Å². The Morgan fingerprint density at radius 1 is 1.08 bits per heavy atom. The maximum absolute atomic E-state index is 12.2. The van der Waals surface area contributed by atoms with Crippen molar-refractivity contribution >= 4 is 17.4 Å². The second-order valence-electron chi connectivity index (χ2n) is 7.08. The molecule has 24 heavy (non-hydrogen) atoms. The van der Waals surface area contributed by atoms with Gasteiger partial charge in [-0.15, -0.1) is 11.8 Å². The van der Waals surface area contributed by atoms with Crippen LogP contribution in [0.4, 0.5) is 0 Å². The highest BCUT2D eigenvalue weighted by Crippen LogP contribution is 2.27. The lowest BCUT2D eigenvalue weighted by atomic mass is 9.87. The summed E-state index contributed by atoms with van der Waals surface area (Å²) in [4.78, 5) is 18.0. The third-order valence-corrected chi connectivity index (χ3v) is 5.01. The van der Waals surface area contributed by atoms with E-state index in [1.165, 1.54) is 10.5 Å². The van der Waals surface area contributed by atoms with Crippen LogP contribution in [0, 0.1) is 6.92 Å². The zero-order chi connectivity index (χ0) is 17.3. The van der Waals surface area contributed by atoms with Crippen LogP contribution in [0.15, 0.2) is 58.4 Å². The van der Waals surface area contributed by atoms with Crippen LogP contribution in [0.2, 0.25) is 0 Å². The van der Waals surface area contributed by atoms with E-state index < -0.39 is 0 Å². The molecule has 3 nitrogen and oxygen atoms in total. The Kier molecular flexibility index (Phi) is 4.50. The number of benzene rings is 1. The van der Waals surface area contributed by atoms with Crippen molar-refractivity contribution in [3.63, 3.8) is 0 Å². The Morgan fingerprint density at radius 2 is 1.79 bits per heavy atom. The van der Waals surface area contributed by atoms with Crippen LogP contribution in [-0.4, -0.2) is 9.38 Å². The monoisotopic (exact) mass is 338 g/mol. The van der Waals surface area contributed by atoms with Crippen LogP contribution in [0.25, 0.3) is 5.65 Å². The van der Waals surface area contributed by atoms with Crippen molar-refractivity contribution in [2.45, 2.75) is 43.8 Å². The molecule has 124 valence electrons. The minimum atomic E-state index is -0.0256. The molecule has 0 spiro atoms. The van der Waals surface area contributed by atoms with E-state index in [9.17, 15) is 4.79 Å². The molecule has 2 heterocycles. The average Bonchev–Trinajstić information content (AvgIpc) is 2.53. The van der Waals surface area contributed by atoms with Gasteiger partial charge in [-0.05, 0) is 41.7 Å². The molecule has 0 amide bonds. The molecule has 0 bridgehead atoms. The number of pyridine rings is 1. The second-order valence-corrected chi connectivity index (χ2v) is 8.13. The van der Waals surface area contributed by atoms with Gasteiger partial charge in [0.1, 0.15) is 5.65 Å². The largest absolute Gasteiger partial charge is 0.269 e. The lowest BCUT2D eigenvalue weighted by Gasteiger charge is -2.19. The molecule has 0 saturated heterocycles. The summed E-state index contributed by atoms with van der Waals surface area (Å²) in [6.07, 6.45) is 1.83. The molecule has 0 aliphatic heterocycles. The van der Waals surface area contributed by atoms with Crippen LogP contribution in [0.3, 0.4) is 0 Å². The van der Waals surface area contributed by atoms with Gasteiger partial charge in [-0.25, -0.2) is 4.98 Å². The zero-order valence-corrected chi connectivity index (χ0v) is 15.4. The second kappa shape index (κ2) is 6.44. The molecule has 1 aromatic carbocycles. The normalized spacial score (nSPS) is 11.8. The molecule has 0 N–H and O–H groups in total. The summed E-state index contributed by atoms with van der Waals surface area (Å²) in [6, 6.07) is 14.1. The predicted octanol–water partition coefficient (Wildman–Crippen LogP) is 4.59. The fourth-order valence-corrected chi connectivity index (χ4v) is 3.33. The molecule has 0 atom stereocenters. The van der Waals surface area contributed by atoms with Crippen molar-refractivity contribution in [2.24, 2.45) is 0 Å². The average molecular weight is 338 g/mol. The summed E-state index contributed by atoms with van der Waals surface area (Å²) in [7, 11) is 0. The first kappa shape index (κ1) is 16.8. The van der Waals surface area contributed by atoms with Crippen molar-refractivity contribution in [3.05, 3.63) is 75.8 Å². The third kappa shape index (κ3) is 3.70. The Bertz CT molecular complexity index is 921. The maximum Gasteiger partial charge on any atom is 0.258 e. The third-order valence-electron chi connectivity index (χ3n) is 3.97. The van der Waals surface area contributed by atoms with Crippen molar-refractivity contribution in [3.8, 4) is 0 Å². The van der Waals surface area contributed by atoms with Gasteiger partial charge in [-0.3, -0.25) is 9.20 Å². The SMILES string of the molecule is Cc1ccc2nc(CSc3ccc(C(C)(C)C)cc3)cc(=O)n2c1. The Labute approximate surface area is 146 Å². The van der Waals surface area contributed by atoms with Crippen molar-refractivity contribution in [1.29, 1.82) is 0 Å². The number of fused-ring (bicyclic) bond motifs is 1. The fourth-order valence-electron chi connectivity index (χ4n) is 2.54. The molecule has 4 heteroatoms. The first-order valence-electron chi connectivity index (χ1n) is 8.05. The number of aryl methyl sites for hydroxylation is 1. The van der Waals surface area contributed by atoms with E-state index in [4.69, 9.17) is 0 Å². The van der Waals surface area contributed by atoms with E-state index in [-0.39, 0.29) is 11.0 Å². The predicted molar refractivity (Wildman–Crippen MR) is 101 cm³/mol. The lowest BCUT2D eigenvalue weighted by molar-refractivity contribution is 0.590. The van der Waals surface area contributed by atoms with Crippen molar-refractivity contribution in [1.82, 2.24) is 9.38 Å². The standard InChI is InChI=1S/C20H22N2OS/c1-14-5-10-18-21-16(11-19(23)22(18)12-14)13-24-17-8-6-15(7-9-17)20(2,3)4/h5-12H,13H2,1-4H3. The van der Waals surface area contributed by atoms with Gasteiger partial charge in [-0.2, -0.15) is 0 Å². The van der Waals surface area contributed by atoms with Crippen molar-refractivity contribution in [2.75, 3.05) is 0 Å². The molecule has 0 fully saturated rings. The first-order chi connectivity index (χ1) is 11.3. The summed E-state index contributed by atoms with van der Waals surface area (Å²) >= 11 is 1.70. The number of rotatable bonds is 3. The van der Waals surface area contributed by atoms with Gasteiger partial charge in [0.25, 0.3) is 5.56 Å². The molecular formula is C20H22N2OS. The van der Waals surface area contributed by atoms with Gasteiger partial charge >= 0.3 is 0 Å². The highest BCUT2D eigenvalue weighted by Gasteiger charge is 2.13.